The summed E-state index contributed by atoms with van der Waals surface area (Å²) in [5.74, 6) is -0.585. The van der Waals surface area contributed by atoms with E-state index in [1.165, 1.54) is 0 Å². The van der Waals surface area contributed by atoms with Gasteiger partial charge in [0.15, 0.2) is 0 Å². The van der Waals surface area contributed by atoms with E-state index in [4.69, 9.17) is 5.11 Å². The Kier molecular flexibility index (Phi) is 4.93. The van der Waals surface area contributed by atoms with Crippen molar-refractivity contribution in [2.75, 3.05) is 13.1 Å². The van der Waals surface area contributed by atoms with Crippen molar-refractivity contribution in [3.63, 3.8) is 0 Å². The van der Waals surface area contributed by atoms with Crippen LogP contribution in [0.2, 0.25) is 0 Å². The van der Waals surface area contributed by atoms with E-state index in [1.54, 1.807) is 13.8 Å². The molecule has 2 unspecified atom stereocenters. The van der Waals surface area contributed by atoms with E-state index in [-0.39, 0.29) is 5.91 Å². The maximum atomic E-state index is 11.7. The van der Waals surface area contributed by atoms with Gasteiger partial charge in [-0.25, -0.2) is 4.79 Å². The molecule has 0 aromatic heterocycles. The third-order valence-corrected chi connectivity index (χ3v) is 3.54. The molecule has 0 aliphatic carbocycles. The van der Waals surface area contributed by atoms with Crippen molar-refractivity contribution in [3.8, 4) is 0 Å². The lowest BCUT2D eigenvalue weighted by atomic mass is 9.97. The van der Waals surface area contributed by atoms with E-state index < -0.39 is 11.5 Å². The van der Waals surface area contributed by atoms with Crippen molar-refractivity contribution in [1.29, 1.82) is 0 Å². The van der Waals surface area contributed by atoms with Gasteiger partial charge in [-0.3, -0.25) is 4.79 Å². The number of carbonyl (C=O) groups excluding carboxylic acids is 1. The van der Waals surface area contributed by atoms with Gasteiger partial charge in [-0.05, 0) is 45.2 Å². The van der Waals surface area contributed by atoms with Gasteiger partial charge >= 0.3 is 5.97 Å². The summed E-state index contributed by atoms with van der Waals surface area (Å²) < 4.78 is 0. The average Bonchev–Trinajstić information content (AvgIpc) is 2.78. The Bertz CT molecular complexity index is 287. The third-order valence-electron chi connectivity index (χ3n) is 3.54. The summed E-state index contributed by atoms with van der Waals surface area (Å²) in [6, 6.07) is 0. The van der Waals surface area contributed by atoms with Crippen LogP contribution in [0.1, 0.15) is 39.5 Å². The number of hydrogen-bond acceptors (Lipinski definition) is 3. The highest BCUT2D eigenvalue weighted by Crippen LogP contribution is 2.15. The topological polar surface area (TPSA) is 78.4 Å². The molecule has 5 heteroatoms. The standard InChI is InChI=1S/C12H22N2O3/c1-3-12(2,11(16)17)14-10(15)5-4-9-6-7-13-8-9/h9,13H,3-8H2,1-2H3,(H,14,15)(H,16,17). The predicted molar refractivity (Wildman–Crippen MR) is 64.7 cm³/mol. The van der Waals surface area contributed by atoms with Gasteiger partial charge in [0.25, 0.3) is 0 Å². The summed E-state index contributed by atoms with van der Waals surface area (Å²) in [6.45, 7) is 5.30. The molecular formula is C12H22N2O3. The van der Waals surface area contributed by atoms with Crippen molar-refractivity contribution in [3.05, 3.63) is 0 Å². The molecule has 0 aromatic rings. The van der Waals surface area contributed by atoms with Crippen LogP contribution in [-0.4, -0.2) is 35.6 Å². The molecule has 0 aromatic carbocycles. The first kappa shape index (κ1) is 14.0. The van der Waals surface area contributed by atoms with E-state index in [2.05, 4.69) is 10.6 Å². The Labute approximate surface area is 102 Å². The lowest BCUT2D eigenvalue weighted by Crippen LogP contribution is -2.51. The summed E-state index contributed by atoms with van der Waals surface area (Å²) in [7, 11) is 0. The van der Waals surface area contributed by atoms with E-state index in [1.807, 2.05) is 0 Å². The normalized spacial score (nSPS) is 23.1. The number of carboxylic acid groups (broad SMARTS) is 1. The lowest BCUT2D eigenvalue weighted by Gasteiger charge is -2.24. The van der Waals surface area contributed by atoms with E-state index in [0.29, 0.717) is 18.8 Å². The van der Waals surface area contributed by atoms with E-state index in [9.17, 15) is 9.59 Å². The van der Waals surface area contributed by atoms with Crippen LogP contribution in [0.25, 0.3) is 0 Å². The zero-order valence-corrected chi connectivity index (χ0v) is 10.6. The maximum Gasteiger partial charge on any atom is 0.329 e. The van der Waals surface area contributed by atoms with Gasteiger partial charge in [-0.2, -0.15) is 0 Å². The van der Waals surface area contributed by atoms with Gasteiger partial charge in [0.2, 0.25) is 5.91 Å². The number of rotatable bonds is 6. The van der Waals surface area contributed by atoms with Gasteiger partial charge in [0.1, 0.15) is 5.54 Å². The van der Waals surface area contributed by atoms with Crippen LogP contribution in [0.4, 0.5) is 0 Å². The third kappa shape index (κ3) is 4.00. The number of hydrogen-bond donors (Lipinski definition) is 3. The van der Waals surface area contributed by atoms with Crippen LogP contribution >= 0.6 is 0 Å². The molecule has 5 nitrogen and oxygen atoms in total. The number of carboxylic acids is 1. The molecule has 1 fully saturated rings. The summed E-state index contributed by atoms with van der Waals surface area (Å²) in [6.07, 6.45) is 2.74. The van der Waals surface area contributed by atoms with Crippen molar-refractivity contribution >= 4 is 11.9 Å². The zero-order chi connectivity index (χ0) is 12.9. The Balaban J connectivity index is 2.34. The SMILES string of the molecule is CCC(C)(NC(=O)CCC1CCNC1)C(=O)O. The van der Waals surface area contributed by atoms with Crippen molar-refractivity contribution in [2.45, 2.75) is 45.1 Å². The highest BCUT2D eigenvalue weighted by Gasteiger charge is 2.32. The molecule has 0 bridgehead atoms. The summed E-state index contributed by atoms with van der Waals surface area (Å²) in [5, 5.41) is 14.9. The molecule has 1 amide bonds. The van der Waals surface area contributed by atoms with Crippen molar-refractivity contribution < 1.29 is 14.7 Å². The van der Waals surface area contributed by atoms with E-state index >= 15 is 0 Å². The first-order valence-electron chi connectivity index (χ1n) is 6.23. The number of aliphatic carboxylic acids is 1. The Morgan fingerprint density at radius 1 is 1.53 bits per heavy atom. The van der Waals surface area contributed by atoms with Gasteiger partial charge in [0.05, 0.1) is 0 Å². The molecule has 1 aliphatic rings. The second-order valence-corrected chi connectivity index (χ2v) is 4.94. The van der Waals surface area contributed by atoms with Crippen LogP contribution < -0.4 is 10.6 Å². The fourth-order valence-electron chi connectivity index (χ4n) is 1.96. The fourth-order valence-corrected chi connectivity index (χ4v) is 1.96. The summed E-state index contributed by atoms with van der Waals surface area (Å²) >= 11 is 0. The minimum atomic E-state index is -1.13. The van der Waals surface area contributed by atoms with Gasteiger partial charge in [-0.1, -0.05) is 6.92 Å². The molecule has 1 rings (SSSR count). The first-order valence-corrected chi connectivity index (χ1v) is 6.23. The van der Waals surface area contributed by atoms with Gasteiger partial charge in [-0.15, -0.1) is 0 Å². The molecule has 2 atom stereocenters. The smallest absolute Gasteiger partial charge is 0.329 e. The molecule has 0 saturated carbocycles. The number of carbonyl (C=O) groups is 2. The van der Waals surface area contributed by atoms with Crippen LogP contribution in [0, 0.1) is 5.92 Å². The molecule has 1 heterocycles. The fraction of sp³-hybridized carbons (Fsp3) is 0.833. The molecule has 1 aliphatic heterocycles. The maximum absolute atomic E-state index is 11.7. The van der Waals surface area contributed by atoms with Crippen molar-refractivity contribution in [2.24, 2.45) is 5.92 Å². The Hall–Kier alpha value is -1.10. The van der Waals surface area contributed by atoms with Crippen molar-refractivity contribution in [1.82, 2.24) is 10.6 Å². The molecule has 3 N–H and O–H groups in total. The molecule has 0 radical (unpaired) electrons. The zero-order valence-electron chi connectivity index (χ0n) is 10.6. The first-order chi connectivity index (χ1) is 7.98. The van der Waals surface area contributed by atoms with Crippen LogP contribution in [-0.2, 0) is 9.59 Å². The lowest BCUT2D eigenvalue weighted by molar-refractivity contribution is -0.147. The monoisotopic (exact) mass is 242 g/mol. The molecule has 1 saturated heterocycles. The van der Waals surface area contributed by atoms with Crippen LogP contribution in [0.15, 0.2) is 0 Å². The molecule has 0 spiro atoms. The highest BCUT2D eigenvalue weighted by atomic mass is 16.4. The quantitative estimate of drug-likeness (QED) is 0.642. The number of nitrogens with one attached hydrogen (secondary N) is 2. The van der Waals surface area contributed by atoms with E-state index in [0.717, 1.165) is 25.9 Å². The highest BCUT2D eigenvalue weighted by molar-refractivity contribution is 5.86. The predicted octanol–water partition coefficient (Wildman–Crippen LogP) is 0.746. The summed E-state index contributed by atoms with van der Waals surface area (Å²) in [4.78, 5) is 22.7. The molecule has 98 valence electrons. The molecule has 17 heavy (non-hydrogen) atoms. The average molecular weight is 242 g/mol. The minimum absolute atomic E-state index is 0.163. The Morgan fingerprint density at radius 3 is 2.71 bits per heavy atom. The van der Waals surface area contributed by atoms with Crippen LogP contribution in [0.5, 0.6) is 0 Å². The largest absolute Gasteiger partial charge is 0.480 e. The number of amides is 1. The Morgan fingerprint density at radius 2 is 2.24 bits per heavy atom. The summed E-state index contributed by atoms with van der Waals surface area (Å²) in [5.41, 5.74) is -1.13. The molecular weight excluding hydrogens is 220 g/mol. The second kappa shape index (κ2) is 6.00. The minimum Gasteiger partial charge on any atom is -0.480 e. The van der Waals surface area contributed by atoms with Gasteiger partial charge < -0.3 is 15.7 Å². The second-order valence-electron chi connectivity index (χ2n) is 4.94. The van der Waals surface area contributed by atoms with Gasteiger partial charge in [0, 0.05) is 6.42 Å². The van der Waals surface area contributed by atoms with Crippen LogP contribution in [0.3, 0.4) is 0 Å².